The van der Waals surface area contributed by atoms with E-state index in [-0.39, 0.29) is 23.8 Å². The Balaban J connectivity index is 1.86. The van der Waals surface area contributed by atoms with E-state index in [9.17, 15) is 18.0 Å². The van der Waals surface area contributed by atoms with E-state index in [4.69, 9.17) is 19.5 Å². The van der Waals surface area contributed by atoms with Crippen molar-refractivity contribution in [3.63, 3.8) is 0 Å². The summed E-state index contributed by atoms with van der Waals surface area (Å²) < 4.78 is 55.8. The summed E-state index contributed by atoms with van der Waals surface area (Å²) in [4.78, 5) is 16.3. The molecule has 1 amide bonds. The van der Waals surface area contributed by atoms with Crippen LogP contribution in [0.1, 0.15) is 16.7 Å². The molecule has 1 aliphatic heterocycles. The van der Waals surface area contributed by atoms with Crippen molar-refractivity contribution >= 4 is 28.9 Å². The molecule has 1 aliphatic rings. The molecule has 0 atom stereocenters. The first-order chi connectivity index (χ1) is 15.2. The van der Waals surface area contributed by atoms with Gasteiger partial charge in [0.2, 0.25) is 0 Å². The maximum atomic E-state index is 13.4. The van der Waals surface area contributed by atoms with Crippen LogP contribution in [0.15, 0.2) is 46.3 Å². The fourth-order valence-corrected chi connectivity index (χ4v) is 3.45. The minimum atomic E-state index is -4.71. The fourth-order valence-electron chi connectivity index (χ4n) is 2.66. The Kier molecular flexibility index (Phi) is 7.07. The summed E-state index contributed by atoms with van der Waals surface area (Å²) in [6.45, 7) is 0.196. The second-order valence-corrected chi connectivity index (χ2v) is 7.31. The van der Waals surface area contributed by atoms with Crippen LogP contribution < -0.4 is 14.8 Å². The Morgan fingerprint density at radius 3 is 2.56 bits per heavy atom. The van der Waals surface area contributed by atoms with Crippen molar-refractivity contribution in [1.29, 1.82) is 5.26 Å². The number of ether oxygens (including phenoxy) is 3. The lowest BCUT2D eigenvalue weighted by molar-refractivity contribution is -0.138. The summed E-state index contributed by atoms with van der Waals surface area (Å²) in [5, 5.41) is 12.1. The number of methoxy groups -OCH3 is 2. The van der Waals surface area contributed by atoms with Gasteiger partial charge in [-0.05, 0) is 53.7 Å². The number of amides is 1. The first kappa shape index (κ1) is 23.2. The van der Waals surface area contributed by atoms with Crippen molar-refractivity contribution in [1.82, 2.24) is 5.32 Å². The number of carbonyl (C=O) groups excluding carboxylic acids is 1. The van der Waals surface area contributed by atoms with Gasteiger partial charge in [0, 0.05) is 7.11 Å². The first-order valence-corrected chi connectivity index (χ1v) is 9.79. The van der Waals surface area contributed by atoms with Crippen LogP contribution in [-0.2, 0) is 15.7 Å². The van der Waals surface area contributed by atoms with Gasteiger partial charge >= 0.3 is 6.18 Å². The Hall–Kier alpha value is -3.49. The van der Waals surface area contributed by atoms with Crippen LogP contribution >= 0.6 is 11.8 Å². The highest BCUT2D eigenvalue weighted by Crippen LogP contribution is 2.41. The normalized spacial score (nSPS) is 14.8. The molecule has 7 nitrogen and oxygen atoms in total. The molecule has 0 bridgehead atoms. The average molecular weight is 463 g/mol. The van der Waals surface area contributed by atoms with Crippen LogP contribution in [0.4, 0.5) is 13.2 Å². The molecule has 2 aromatic carbocycles. The molecule has 0 spiro atoms. The molecule has 32 heavy (non-hydrogen) atoms. The summed E-state index contributed by atoms with van der Waals surface area (Å²) in [7, 11) is 2.84. The molecule has 0 radical (unpaired) electrons. The van der Waals surface area contributed by atoms with Gasteiger partial charge in [0.05, 0.1) is 29.2 Å². The van der Waals surface area contributed by atoms with E-state index in [1.807, 2.05) is 0 Å². The van der Waals surface area contributed by atoms with Gasteiger partial charge < -0.3 is 19.5 Å². The van der Waals surface area contributed by atoms with Crippen molar-refractivity contribution in [3.05, 3.63) is 58.0 Å². The number of benzene rings is 2. The van der Waals surface area contributed by atoms with Gasteiger partial charge in [0.1, 0.15) is 12.5 Å². The van der Waals surface area contributed by atoms with E-state index in [1.165, 1.54) is 32.4 Å². The Bertz CT molecular complexity index is 1140. The average Bonchev–Trinajstić information content (AvgIpc) is 3.11. The van der Waals surface area contributed by atoms with E-state index >= 15 is 0 Å². The number of rotatable bonds is 6. The van der Waals surface area contributed by atoms with Gasteiger partial charge in [-0.3, -0.25) is 4.79 Å². The fraction of sp³-hybridized carbons (Fsp3) is 0.190. The van der Waals surface area contributed by atoms with Crippen LogP contribution in [0.25, 0.3) is 6.08 Å². The molecule has 0 saturated carbocycles. The Morgan fingerprint density at radius 2 is 1.91 bits per heavy atom. The predicted molar refractivity (Wildman–Crippen MR) is 112 cm³/mol. The van der Waals surface area contributed by atoms with Crippen LogP contribution in [-0.4, -0.2) is 32.0 Å². The molecule has 0 saturated heterocycles. The maximum Gasteiger partial charge on any atom is 0.420 e. The van der Waals surface area contributed by atoms with E-state index in [2.05, 4.69) is 10.3 Å². The third kappa shape index (κ3) is 5.40. The predicted octanol–water partition coefficient (Wildman–Crippen LogP) is 4.54. The minimum absolute atomic E-state index is 0.0361. The first-order valence-electron chi connectivity index (χ1n) is 8.97. The molecule has 0 fully saturated rings. The molecule has 0 aliphatic carbocycles. The number of thioether (sulfide) groups is 1. The summed E-state index contributed by atoms with van der Waals surface area (Å²) in [5.41, 5.74) is -0.658. The smallest absolute Gasteiger partial charge is 0.420 e. The molecule has 1 N–H and O–H groups in total. The zero-order chi connectivity index (χ0) is 23.3. The number of aliphatic imine (C=N–C) groups is 1. The lowest BCUT2D eigenvalue weighted by Gasteiger charge is -2.16. The number of amidine groups is 1. The van der Waals surface area contributed by atoms with Crippen LogP contribution in [0.3, 0.4) is 0 Å². The molecule has 2 aromatic rings. The van der Waals surface area contributed by atoms with Gasteiger partial charge in [-0.15, -0.1) is 0 Å². The van der Waals surface area contributed by atoms with Gasteiger partial charge in [0.25, 0.3) is 5.91 Å². The largest absolute Gasteiger partial charge is 0.493 e. The molecule has 1 heterocycles. The number of carbonyl (C=O) groups is 1. The van der Waals surface area contributed by atoms with Gasteiger partial charge in [-0.1, -0.05) is 6.07 Å². The van der Waals surface area contributed by atoms with E-state index in [0.717, 1.165) is 23.9 Å². The maximum absolute atomic E-state index is 13.4. The lowest BCUT2D eigenvalue weighted by Crippen LogP contribution is -2.21. The van der Waals surface area contributed by atoms with Crippen molar-refractivity contribution in [2.45, 2.75) is 6.18 Å². The van der Waals surface area contributed by atoms with E-state index in [1.54, 1.807) is 18.2 Å². The molecule has 0 aromatic heterocycles. The van der Waals surface area contributed by atoms with Gasteiger partial charge in [-0.2, -0.15) is 23.4 Å². The van der Waals surface area contributed by atoms with Crippen molar-refractivity contribution in [2.24, 2.45) is 4.99 Å². The monoisotopic (exact) mass is 463 g/mol. The summed E-state index contributed by atoms with van der Waals surface area (Å²) >= 11 is 1.13. The standard InChI is InChI=1S/C21H16F3N3O4S/c1-29-11-26-20-27-19(28)18(32-20)9-12-3-6-16(17(8-12)30-2)31-15-5-4-13(10-25)7-14(15)21(22,23)24/h3-9H,11H2,1-2H3,(H,26,27,28). The number of nitriles is 1. The Morgan fingerprint density at radius 1 is 1.16 bits per heavy atom. The van der Waals surface area contributed by atoms with Gasteiger partial charge in [-0.25, -0.2) is 0 Å². The summed E-state index contributed by atoms with van der Waals surface area (Å²) in [6, 6.07) is 9.22. The molecular formula is C21H16F3N3O4S. The Labute approximate surface area is 185 Å². The van der Waals surface area contributed by atoms with Crippen LogP contribution in [0.2, 0.25) is 0 Å². The van der Waals surface area contributed by atoms with Crippen molar-refractivity contribution in [3.8, 4) is 23.3 Å². The molecule has 0 unspecified atom stereocenters. The number of alkyl halides is 3. The highest BCUT2D eigenvalue weighted by atomic mass is 32.2. The zero-order valence-electron chi connectivity index (χ0n) is 16.8. The quantitative estimate of drug-likeness (QED) is 0.497. The molecule has 11 heteroatoms. The highest BCUT2D eigenvalue weighted by molar-refractivity contribution is 8.18. The van der Waals surface area contributed by atoms with Gasteiger partial charge in [0.15, 0.2) is 16.7 Å². The lowest BCUT2D eigenvalue weighted by atomic mass is 10.1. The number of nitrogens with zero attached hydrogens (tertiary/aromatic N) is 2. The van der Waals surface area contributed by atoms with Crippen LogP contribution in [0.5, 0.6) is 17.2 Å². The van der Waals surface area contributed by atoms with Crippen LogP contribution in [0, 0.1) is 11.3 Å². The zero-order valence-corrected chi connectivity index (χ0v) is 17.6. The second kappa shape index (κ2) is 9.76. The SMILES string of the molecule is COCNC1=NC(=O)C(=Cc2ccc(Oc3ccc(C#N)cc3C(F)(F)F)c(OC)c2)S1. The number of halogens is 3. The molecule has 166 valence electrons. The topological polar surface area (TPSA) is 92.9 Å². The number of hydrogen-bond acceptors (Lipinski definition) is 7. The highest BCUT2D eigenvalue weighted by Gasteiger charge is 2.35. The van der Waals surface area contributed by atoms with E-state index in [0.29, 0.717) is 15.6 Å². The summed E-state index contributed by atoms with van der Waals surface area (Å²) in [5.74, 6) is -0.704. The molecule has 3 rings (SSSR count). The third-order valence-electron chi connectivity index (χ3n) is 4.11. The third-order valence-corrected chi connectivity index (χ3v) is 5.05. The van der Waals surface area contributed by atoms with Crippen molar-refractivity contribution < 1.29 is 32.2 Å². The van der Waals surface area contributed by atoms with E-state index < -0.39 is 23.4 Å². The minimum Gasteiger partial charge on any atom is -0.493 e. The number of hydrogen-bond donors (Lipinski definition) is 1. The number of nitrogens with one attached hydrogen (secondary N) is 1. The summed E-state index contributed by atoms with van der Waals surface area (Å²) in [6.07, 6.45) is -3.14. The molecular weight excluding hydrogens is 447 g/mol. The van der Waals surface area contributed by atoms with Crippen molar-refractivity contribution in [2.75, 3.05) is 21.0 Å². The second-order valence-electron chi connectivity index (χ2n) is 6.28.